The van der Waals surface area contributed by atoms with Crippen molar-refractivity contribution >= 4 is 26.0 Å². The topological polar surface area (TPSA) is 37.4 Å². The highest BCUT2D eigenvalue weighted by atomic mass is 79.9. The number of alkyl halides is 1. The van der Waals surface area contributed by atoms with E-state index < -0.39 is 10.0 Å². The molecular formula is C9H18BrNO2S. The van der Waals surface area contributed by atoms with Crippen molar-refractivity contribution in [1.29, 1.82) is 0 Å². The first-order valence-corrected chi connectivity index (χ1v) is 7.90. The van der Waals surface area contributed by atoms with Crippen LogP contribution in [0.25, 0.3) is 0 Å². The van der Waals surface area contributed by atoms with Crippen LogP contribution in [-0.2, 0) is 10.0 Å². The molecule has 0 amide bonds. The predicted octanol–water partition coefficient (Wildman–Crippen LogP) is 1.98. The van der Waals surface area contributed by atoms with Gasteiger partial charge in [-0.3, -0.25) is 0 Å². The first kappa shape index (κ1) is 12.5. The molecule has 0 aliphatic carbocycles. The molecule has 84 valence electrons. The molecule has 1 aliphatic rings. The van der Waals surface area contributed by atoms with Crippen LogP contribution in [0.4, 0.5) is 0 Å². The fourth-order valence-corrected chi connectivity index (χ4v) is 4.57. The number of rotatable bonds is 5. The summed E-state index contributed by atoms with van der Waals surface area (Å²) in [6.07, 6.45) is 3.71. The number of sulfonamides is 1. The lowest BCUT2D eigenvalue weighted by Crippen LogP contribution is -2.37. The zero-order valence-electron chi connectivity index (χ0n) is 8.58. The van der Waals surface area contributed by atoms with Crippen LogP contribution in [0.2, 0.25) is 0 Å². The molecule has 1 unspecified atom stereocenters. The van der Waals surface area contributed by atoms with Crippen molar-refractivity contribution in [3.8, 4) is 0 Å². The molecule has 1 fully saturated rings. The summed E-state index contributed by atoms with van der Waals surface area (Å²) in [6.45, 7) is 2.73. The van der Waals surface area contributed by atoms with Gasteiger partial charge in [0.25, 0.3) is 0 Å². The van der Waals surface area contributed by atoms with E-state index in [0.717, 1.165) is 31.0 Å². The second kappa shape index (κ2) is 5.47. The van der Waals surface area contributed by atoms with Crippen molar-refractivity contribution in [2.45, 2.75) is 38.6 Å². The average molecular weight is 284 g/mol. The van der Waals surface area contributed by atoms with Gasteiger partial charge in [0.05, 0.1) is 5.75 Å². The molecular weight excluding hydrogens is 266 g/mol. The van der Waals surface area contributed by atoms with Crippen molar-refractivity contribution in [2.24, 2.45) is 0 Å². The normalized spacial score (nSPS) is 24.3. The second-order valence-corrected chi connectivity index (χ2v) is 6.42. The quantitative estimate of drug-likeness (QED) is 0.724. The number of hydrogen-bond donors (Lipinski definition) is 0. The fraction of sp³-hybridized carbons (Fsp3) is 1.00. The maximum Gasteiger partial charge on any atom is 0.214 e. The summed E-state index contributed by atoms with van der Waals surface area (Å²) in [6, 6.07) is 0.192. The minimum Gasteiger partial charge on any atom is -0.212 e. The Hall–Kier alpha value is 0.390. The van der Waals surface area contributed by atoms with Gasteiger partial charge in [0.2, 0.25) is 10.0 Å². The zero-order chi connectivity index (χ0) is 10.6. The van der Waals surface area contributed by atoms with E-state index in [2.05, 4.69) is 15.9 Å². The van der Waals surface area contributed by atoms with Crippen LogP contribution in [0.1, 0.15) is 32.6 Å². The van der Waals surface area contributed by atoms with E-state index in [1.165, 1.54) is 0 Å². The molecule has 0 aromatic rings. The lowest BCUT2D eigenvalue weighted by molar-refractivity contribution is 0.412. The smallest absolute Gasteiger partial charge is 0.212 e. The molecule has 0 aromatic carbocycles. The Bertz CT molecular complexity index is 266. The van der Waals surface area contributed by atoms with Gasteiger partial charge in [-0.05, 0) is 19.3 Å². The van der Waals surface area contributed by atoms with Crippen LogP contribution in [0.3, 0.4) is 0 Å². The third kappa shape index (κ3) is 2.94. The van der Waals surface area contributed by atoms with Crippen molar-refractivity contribution in [3.63, 3.8) is 0 Å². The van der Waals surface area contributed by atoms with Crippen LogP contribution in [-0.4, -0.2) is 36.4 Å². The van der Waals surface area contributed by atoms with E-state index >= 15 is 0 Å². The monoisotopic (exact) mass is 283 g/mol. The molecule has 1 rings (SSSR count). The molecule has 0 N–H and O–H groups in total. The van der Waals surface area contributed by atoms with Gasteiger partial charge in [0, 0.05) is 17.9 Å². The molecule has 1 aliphatic heterocycles. The summed E-state index contributed by atoms with van der Waals surface area (Å²) in [5.41, 5.74) is 0. The van der Waals surface area contributed by atoms with Crippen molar-refractivity contribution < 1.29 is 8.42 Å². The molecule has 1 saturated heterocycles. The van der Waals surface area contributed by atoms with E-state index in [-0.39, 0.29) is 6.04 Å². The van der Waals surface area contributed by atoms with Crippen molar-refractivity contribution in [3.05, 3.63) is 0 Å². The highest BCUT2D eigenvalue weighted by Gasteiger charge is 2.32. The molecule has 0 spiro atoms. The van der Waals surface area contributed by atoms with Gasteiger partial charge >= 0.3 is 0 Å². The Morgan fingerprint density at radius 2 is 2.21 bits per heavy atom. The molecule has 3 nitrogen and oxygen atoms in total. The van der Waals surface area contributed by atoms with Gasteiger partial charge in [0.15, 0.2) is 0 Å². The molecule has 1 heterocycles. The van der Waals surface area contributed by atoms with E-state index in [4.69, 9.17) is 0 Å². The molecule has 14 heavy (non-hydrogen) atoms. The lowest BCUT2D eigenvalue weighted by atomic mass is 10.3. The van der Waals surface area contributed by atoms with Gasteiger partial charge in [-0.15, -0.1) is 0 Å². The largest absolute Gasteiger partial charge is 0.214 e. The number of nitrogens with zero attached hydrogens (tertiary/aromatic N) is 1. The Morgan fingerprint density at radius 3 is 2.79 bits per heavy atom. The third-order valence-corrected chi connectivity index (χ3v) is 5.36. The Balaban J connectivity index is 2.61. The van der Waals surface area contributed by atoms with E-state index in [0.29, 0.717) is 12.3 Å². The van der Waals surface area contributed by atoms with Crippen LogP contribution in [0.15, 0.2) is 0 Å². The summed E-state index contributed by atoms with van der Waals surface area (Å²) in [5, 5.41) is 0.762. The molecule has 5 heteroatoms. The van der Waals surface area contributed by atoms with Crippen LogP contribution < -0.4 is 0 Å². The first-order chi connectivity index (χ1) is 6.61. The SMILES string of the molecule is CCCCS(=O)(=O)N1CCCC1CBr. The van der Waals surface area contributed by atoms with Crippen molar-refractivity contribution in [2.75, 3.05) is 17.6 Å². The Labute approximate surface area is 95.0 Å². The summed E-state index contributed by atoms with van der Waals surface area (Å²) in [7, 11) is -2.98. The first-order valence-electron chi connectivity index (χ1n) is 5.17. The van der Waals surface area contributed by atoms with Crippen LogP contribution >= 0.6 is 15.9 Å². The third-order valence-electron chi connectivity index (χ3n) is 2.61. The Kier molecular flexibility index (Phi) is 4.87. The van der Waals surface area contributed by atoms with Gasteiger partial charge < -0.3 is 0 Å². The van der Waals surface area contributed by atoms with E-state index in [1.54, 1.807) is 4.31 Å². The van der Waals surface area contributed by atoms with Crippen LogP contribution in [0.5, 0.6) is 0 Å². The number of halogens is 1. The van der Waals surface area contributed by atoms with Gasteiger partial charge in [-0.25, -0.2) is 8.42 Å². The standard InChI is InChI=1S/C9H18BrNO2S/c1-2-3-7-14(12,13)11-6-4-5-9(11)8-10/h9H,2-8H2,1H3. The van der Waals surface area contributed by atoms with Gasteiger partial charge in [-0.1, -0.05) is 29.3 Å². The molecule has 0 radical (unpaired) electrons. The summed E-state index contributed by atoms with van der Waals surface area (Å²) in [5.74, 6) is 0.312. The van der Waals surface area contributed by atoms with E-state index in [1.807, 2.05) is 6.92 Å². The summed E-state index contributed by atoms with van der Waals surface area (Å²) < 4.78 is 25.4. The lowest BCUT2D eigenvalue weighted by Gasteiger charge is -2.22. The molecule has 0 saturated carbocycles. The highest BCUT2D eigenvalue weighted by molar-refractivity contribution is 9.09. The minimum atomic E-state index is -2.98. The molecule has 0 aromatic heterocycles. The van der Waals surface area contributed by atoms with Gasteiger partial charge in [0.1, 0.15) is 0 Å². The summed E-state index contributed by atoms with van der Waals surface area (Å²) in [4.78, 5) is 0. The van der Waals surface area contributed by atoms with Gasteiger partial charge in [-0.2, -0.15) is 4.31 Å². The minimum absolute atomic E-state index is 0.192. The maximum absolute atomic E-state index is 11.9. The average Bonchev–Trinajstić information content (AvgIpc) is 2.63. The van der Waals surface area contributed by atoms with E-state index in [9.17, 15) is 8.42 Å². The highest BCUT2D eigenvalue weighted by Crippen LogP contribution is 2.23. The number of unbranched alkanes of at least 4 members (excludes halogenated alkanes) is 1. The van der Waals surface area contributed by atoms with Crippen molar-refractivity contribution in [1.82, 2.24) is 4.31 Å². The Morgan fingerprint density at radius 1 is 1.50 bits per heavy atom. The summed E-state index contributed by atoms with van der Waals surface area (Å²) >= 11 is 3.37. The fourth-order valence-electron chi connectivity index (χ4n) is 1.77. The molecule has 1 atom stereocenters. The zero-order valence-corrected chi connectivity index (χ0v) is 11.0. The second-order valence-electron chi connectivity index (χ2n) is 3.73. The predicted molar refractivity (Wildman–Crippen MR) is 62.2 cm³/mol. The molecule has 0 bridgehead atoms. The number of hydrogen-bond acceptors (Lipinski definition) is 2. The van der Waals surface area contributed by atoms with Crippen LogP contribution in [0, 0.1) is 0 Å². The maximum atomic E-state index is 11.9.